The van der Waals surface area contributed by atoms with E-state index in [0.717, 1.165) is 5.71 Å². The van der Waals surface area contributed by atoms with Gasteiger partial charge in [0, 0.05) is 21.2 Å². The first-order valence-corrected chi connectivity index (χ1v) is 9.96. The van der Waals surface area contributed by atoms with E-state index in [0.29, 0.717) is 19.4 Å². The van der Waals surface area contributed by atoms with Crippen molar-refractivity contribution in [2.75, 3.05) is 12.3 Å². The van der Waals surface area contributed by atoms with Crippen LogP contribution in [0.25, 0.3) is 0 Å². The van der Waals surface area contributed by atoms with Crippen LogP contribution in [0, 0.1) is 10.5 Å². The van der Waals surface area contributed by atoms with Gasteiger partial charge in [-0.3, -0.25) is 9.55 Å². The number of benzene rings is 1. The maximum Gasteiger partial charge on any atom is 0.264 e. The minimum absolute atomic E-state index is 0.158. The fraction of sp³-hybridized carbons (Fsp3) is 0.562. The van der Waals surface area contributed by atoms with E-state index in [1.54, 1.807) is 0 Å². The summed E-state index contributed by atoms with van der Waals surface area (Å²) in [5.74, 6) is -0.194. The summed E-state index contributed by atoms with van der Waals surface area (Å²) in [6.07, 6.45) is 1.08. The van der Waals surface area contributed by atoms with E-state index in [9.17, 15) is 8.42 Å². The summed E-state index contributed by atoms with van der Waals surface area (Å²) in [4.78, 5) is 4.60. The third-order valence-corrected chi connectivity index (χ3v) is 5.41. The molecule has 0 saturated heterocycles. The molecule has 0 unspecified atom stereocenters. The van der Waals surface area contributed by atoms with Crippen molar-refractivity contribution in [1.82, 2.24) is 0 Å². The van der Waals surface area contributed by atoms with Gasteiger partial charge in [0.2, 0.25) is 0 Å². The Morgan fingerprint density at radius 2 is 1.95 bits per heavy atom. The Balaban J connectivity index is 2.75. The van der Waals surface area contributed by atoms with Gasteiger partial charge in [0.15, 0.2) is 0 Å². The average molecular weight is 437 g/mol. The Bertz CT molecular complexity index is 651. The third kappa shape index (κ3) is 5.96. The summed E-state index contributed by atoms with van der Waals surface area (Å²) in [5.41, 5.74) is 3.38. The number of aliphatic imine (C=N–C) groups is 1. The van der Waals surface area contributed by atoms with Crippen LogP contribution in [0.3, 0.4) is 0 Å². The molecule has 1 aromatic rings. The summed E-state index contributed by atoms with van der Waals surface area (Å²) < 4.78 is 31.2. The molecule has 4 nitrogen and oxygen atoms in total. The van der Waals surface area contributed by atoms with E-state index >= 15 is 0 Å². The second-order valence-electron chi connectivity index (χ2n) is 6.04. The molecule has 0 aliphatic heterocycles. The zero-order valence-corrected chi connectivity index (χ0v) is 16.5. The molecule has 0 heterocycles. The molecule has 0 atom stereocenters. The van der Waals surface area contributed by atoms with Gasteiger partial charge in [-0.15, -0.1) is 0 Å². The maximum absolute atomic E-state index is 10.7. The van der Waals surface area contributed by atoms with Crippen LogP contribution in [0.5, 0.6) is 0 Å². The molecule has 0 aliphatic rings. The van der Waals surface area contributed by atoms with Crippen LogP contribution >= 0.6 is 22.6 Å². The van der Waals surface area contributed by atoms with Crippen LogP contribution in [0.4, 0.5) is 0 Å². The number of hydrogen-bond donors (Lipinski definition) is 1. The lowest BCUT2D eigenvalue weighted by atomic mass is 9.78. The summed E-state index contributed by atoms with van der Waals surface area (Å²) in [7, 11) is -3.86. The van der Waals surface area contributed by atoms with Crippen LogP contribution in [0.2, 0.25) is 0 Å². The molecule has 6 heteroatoms. The molecule has 124 valence electrons. The Morgan fingerprint density at radius 3 is 2.55 bits per heavy atom. The van der Waals surface area contributed by atoms with Crippen LogP contribution < -0.4 is 0 Å². The second kappa shape index (κ2) is 7.88. The van der Waals surface area contributed by atoms with E-state index in [1.165, 1.54) is 14.7 Å². The summed E-state index contributed by atoms with van der Waals surface area (Å²) in [5, 5.41) is 0. The van der Waals surface area contributed by atoms with Crippen LogP contribution in [0.1, 0.15) is 44.7 Å². The van der Waals surface area contributed by atoms with E-state index in [4.69, 9.17) is 4.55 Å². The maximum atomic E-state index is 10.7. The van der Waals surface area contributed by atoms with Crippen molar-refractivity contribution in [3.05, 3.63) is 32.9 Å². The SMILES string of the molecule is C/C(=N\CCCCS(=O)(=O)O)C(C)(C)c1cc(I)ccc1C. The molecule has 22 heavy (non-hydrogen) atoms. The van der Waals surface area contributed by atoms with Gasteiger partial charge < -0.3 is 0 Å². The van der Waals surface area contributed by atoms with Gasteiger partial charge in [-0.2, -0.15) is 8.42 Å². The molecule has 0 saturated carbocycles. The fourth-order valence-corrected chi connectivity index (χ4v) is 3.36. The number of aryl methyl sites for hydroxylation is 1. The lowest BCUT2D eigenvalue weighted by molar-refractivity contribution is 0.480. The number of halogens is 1. The largest absolute Gasteiger partial charge is 0.294 e. The van der Waals surface area contributed by atoms with Crippen molar-refractivity contribution < 1.29 is 13.0 Å². The van der Waals surface area contributed by atoms with Crippen molar-refractivity contribution in [2.45, 2.75) is 46.0 Å². The normalized spacial score (nSPS) is 13.5. The zero-order chi connectivity index (χ0) is 17.0. The van der Waals surface area contributed by atoms with E-state index in [-0.39, 0.29) is 11.2 Å². The van der Waals surface area contributed by atoms with Gasteiger partial charge in [0.25, 0.3) is 10.1 Å². The van der Waals surface area contributed by atoms with Crippen molar-refractivity contribution in [1.29, 1.82) is 0 Å². The quantitative estimate of drug-likeness (QED) is 0.304. The summed E-state index contributed by atoms with van der Waals surface area (Å²) >= 11 is 2.31. The molecular formula is C16H24INO3S. The molecule has 0 radical (unpaired) electrons. The molecule has 1 N–H and O–H groups in total. The molecule has 1 aromatic carbocycles. The van der Waals surface area contributed by atoms with Gasteiger partial charge in [-0.1, -0.05) is 19.9 Å². The second-order valence-corrected chi connectivity index (χ2v) is 8.86. The van der Waals surface area contributed by atoms with Crippen LogP contribution in [-0.4, -0.2) is 31.0 Å². The van der Waals surface area contributed by atoms with Crippen molar-refractivity contribution >= 4 is 38.4 Å². The lowest BCUT2D eigenvalue weighted by Gasteiger charge is -2.27. The standard InChI is InChI=1S/C16H24INO3S/c1-12-7-8-14(17)11-15(12)16(3,4)13(2)18-9-5-6-10-22(19,20)21/h7-8,11H,5-6,9-10H2,1-4H3,(H,19,20,21)/b18-13+. The monoisotopic (exact) mass is 437 g/mol. The minimum Gasteiger partial charge on any atom is -0.294 e. The highest BCUT2D eigenvalue weighted by atomic mass is 127. The molecule has 0 fully saturated rings. The van der Waals surface area contributed by atoms with Crippen LogP contribution in [-0.2, 0) is 15.5 Å². The highest BCUT2D eigenvalue weighted by molar-refractivity contribution is 14.1. The first-order valence-electron chi connectivity index (χ1n) is 7.27. The average Bonchev–Trinajstić information content (AvgIpc) is 2.39. The van der Waals surface area contributed by atoms with Gasteiger partial charge in [0.05, 0.1) is 5.75 Å². The Hall–Kier alpha value is -0.470. The van der Waals surface area contributed by atoms with Crippen molar-refractivity contribution in [3.8, 4) is 0 Å². The lowest BCUT2D eigenvalue weighted by Crippen LogP contribution is -2.28. The number of hydrogen-bond acceptors (Lipinski definition) is 3. The highest BCUT2D eigenvalue weighted by Gasteiger charge is 2.25. The van der Waals surface area contributed by atoms with Gasteiger partial charge in [0.1, 0.15) is 0 Å². The summed E-state index contributed by atoms with van der Waals surface area (Å²) in [6.45, 7) is 9.01. The molecule has 0 aromatic heterocycles. The van der Waals surface area contributed by atoms with Gasteiger partial charge in [-0.05, 0) is 72.5 Å². The smallest absolute Gasteiger partial charge is 0.264 e. The van der Waals surface area contributed by atoms with E-state index < -0.39 is 10.1 Å². The highest BCUT2D eigenvalue weighted by Crippen LogP contribution is 2.29. The van der Waals surface area contributed by atoms with Gasteiger partial charge in [-0.25, -0.2) is 0 Å². The predicted molar refractivity (Wildman–Crippen MR) is 101 cm³/mol. The first-order chi connectivity index (χ1) is 10.0. The van der Waals surface area contributed by atoms with E-state index in [2.05, 4.69) is 66.6 Å². The van der Waals surface area contributed by atoms with Gasteiger partial charge >= 0.3 is 0 Å². The Kier molecular flexibility index (Phi) is 7.01. The zero-order valence-electron chi connectivity index (χ0n) is 13.6. The first kappa shape index (κ1) is 19.6. The molecule has 0 aliphatic carbocycles. The Labute approximate surface area is 147 Å². The van der Waals surface area contributed by atoms with Crippen molar-refractivity contribution in [3.63, 3.8) is 0 Å². The van der Waals surface area contributed by atoms with Crippen molar-refractivity contribution in [2.24, 2.45) is 4.99 Å². The van der Waals surface area contributed by atoms with E-state index in [1.807, 2.05) is 6.92 Å². The topological polar surface area (TPSA) is 66.7 Å². The minimum atomic E-state index is -3.86. The molecule has 1 rings (SSSR count). The predicted octanol–water partition coefficient (Wildman–Crippen LogP) is 4.01. The number of unbranched alkanes of at least 4 members (excludes halogenated alkanes) is 1. The molecule has 0 amide bonds. The third-order valence-electron chi connectivity index (χ3n) is 3.94. The molecule has 0 bridgehead atoms. The van der Waals surface area contributed by atoms with Crippen LogP contribution in [0.15, 0.2) is 23.2 Å². The number of nitrogens with zero attached hydrogens (tertiary/aromatic N) is 1. The molecular weight excluding hydrogens is 413 g/mol. The fourth-order valence-electron chi connectivity index (χ4n) is 2.30. The molecule has 0 spiro atoms. The number of rotatable bonds is 7. The Morgan fingerprint density at radius 1 is 1.32 bits per heavy atom. The summed E-state index contributed by atoms with van der Waals surface area (Å²) in [6, 6.07) is 6.41.